The van der Waals surface area contributed by atoms with Crippen LogP contribution in [0.2, 0.25) is 5.02 Å². The number of carbonyl (C=O) groups excluding carboxylic acids is 1. The first-order valence-electron chi connectivity index (χ1n) is 10.3. The topological polar surface area (TPSA) is 48.4 Å². The van der Waals surface area contributed by atoms with Crippen LogP contribution in [0.1, 0.15) is 52.0 Å². The fraction of sp³-hybridized carbons (Fsp3) is 0.231. The third-order valence-electron chi connectivity index (χ3n) is 5.56. The lowest BCUT2D eigenvalue weighted by molar-refractivity contribution is 0.0599. The highest BCUT2D eigenvalue weighted by molar-refractivity contribution is 6.30. The molecule has 158 valence electrons. The maximum atomic E-state index is 12.2. The molecule has 0 atom stereocenters. The van der Waals surface area contributed by atoms with Crippen molar-refractivity contribution in [2.24, 2.45) is 0 Å². The molecule has 3 aromatic rings. The molecule has 0 spiro atoms. The summed E-state index contributed by atoms with van der Waals surface area (Å²) in [5.41, 5.74) is 6.55. The highest BCUT2D eigenvalue weighted by Crippen LogP contribution is 2.43. The van der Waals surface area contributed by atoms with E-state index < -0.39 is 0 Å². The van der Waals surface area contributed by atoms with Crippen molar-refractivity contribution in [3.63, 3.8) is 0 Å². The van der Waals surface area contributed by atoms with Gasteiger partial charge in [0.1, 0.15) is 12.4 Å². The third kappa shape index (κ3) is 4.64. The summed E-state index contributed by atoms with van der Waals surface area (Å²) in [5.74, 6) is 0.428. The van der Waals surface area contributed by atoms with E-state index in [-0.39, 0.29) is 5.97 Å². The molecular formula is C26H24ClNO3. The molecule has 0 fully saturated rings. The Morgan fingerprint density at radius 3 is 2.61 bits per heavy atom. The quantitative estimate of drug-likeness (QED) is 0.416. The fourth-order valence-corrected chi connectivity index (χ4v) is 4.15. The second-order valence-electron chi connectivity index (χ2n) is 7.57. The molecule has 0 amide bonds. The molecule has 1 aliphatic carbocycles. The highest BCUT2D eigenvalue weighted by Gasteiger charge is 2.23. The molecule has 1 aliphatic rings. The number of esters is 1. The number of rotatable bonds is 6. The Hall–Kier alpha value is -3.11. The lowest BCUT2D eigenvalue weighted by atomic mass is 9.96. The van der Waals surface area contributed by atoms with E-state index in [0.717, 1.165) is 41.7 Å². The number of aryl methyl sites for hydroxylation is 1. The first-order valence-corrected chi connectivity index (χ1v) is 10.7. The van der Waals surface area contributed by atoms with Crippen molar-refractivity contribution in [3.05, 3.63) is 93.8 Å². The van der Waals surface area contributed by atoms with Crippen LogP contribution in [0, 0.1) is 6.92 Å². The molecule has 0 saturated carbocycles. The number of carbonyl (C=O) groups is 1. The van der Waals surface area contributed by atoms with Gasteiger partial charge in [0.2, 0.25) is 0 Å². The lowest BCUT2D eigenvalue weighted by Crippen LogP contribution is -2.06. The summed E-state index contributed by atoms with van der Waals surface area (Å²) in [6.45, 7) is 2.29. The van der Waals surface area contributed by atoms with Crippen LogP contribution in [0.15, 0.2) is 60.8 Å². The van der Waals surface area contributed by atoms with Gasteiger partial charge >= 0.3 is 5.97 Å². The van der Waals surface area contributed by atoms with E-state index in [0.29, 0.717) is 22.9 Å². The zero-order valence-corrected chi connectivity index (χ0v) is 18.4. The first-order chi connectivity index (χ1) is 15.1. The molecule has 0 radical (unpaired) electrons. The summed E-state index contributed by atoms with van der Waals surface area (Å²) >= 11 is 6.36. The number of allylic oxidation sites excluding steroid dienone is 2. The Kier molecular flexibility index (Phi) is 6.38. The second-order valence-corrected chi connectivity index (χ2v) is 8.01. The van der Waals surface area contributed by atoms with Crippen LogP contribution in [-0.2, 0) is 11.3 Å². The first kappa shape index (κ1) is 21.1. The number of aromatic nitrogens is 1. The zero-order valence-electron chi connectivity index (χ0n) is 17.7. The minimum absolute atomic E-state index is 0.373. The number of benzene rings is 2. The molecule has 4 rings (SSSR count). The van der Waals surface area contributed by atoms with Crippen LogP contribution in [-0.4, -0.2) is 18.1 Å². The van der Waals surface area contributed by atoms with Crippen LogP contribution in [0.5, 0.6) is 5.75 Å². The van der Waals surface area contributed by atoms with Crippen LogP contribution < -0.4 is 4.74 Å². The van der Waals surface area contributed by atoms with Gasteiger partial charge in [-0.1, -0.05) is 41.9 Å². The monoisotopic (exact) mass is 433 g/mol. The highest BCUT2D eigenvalue weighted by atomic mass is 35.5. The van der Waals surface area contributed by atoms with Crippen molar-refractivity contribution in [3.8, 4) is 5.75 Å². The Balaban J connectivity index is 1.73. The van der Waals surface area contributed by atoms with E-state index in [9.17, 15) is 4.79 Å². The number of pyridine rings is 1. The van der Waals surface area contributed by atoms with Crippen molar-refractivity contribution in [2.75, 3.05) is 7.11 Å². The van der Waals surface area contributed by atoms with Crippen molar-refractivity contribution in [1.29, 1.82) is 0 Å². The normalized spacial score (nSPS) is 13.4. The number of hydrogen-bond donors (Lipinski definition) is 0. The van der Waals surface area contributed by atoms with Gasteiger partial charge in [-0.25, -0.2) is 4.79 Å². The minimum Gasteiger partial charge on any atom is -0.488 e. The predicted molar refractivity (Wildman–Crippen MR) is 123 cm³/mol. The number of methoxy groups -OCH3 is 1. The van der Waals surface area contributed by atoms with Crippen LogP contribution in [0.3, 0.4) is 0 Å². The van der Waals surface area contributed by atoms with Crippen molar-refractivity contribution in [1.82, 2.24) is 4.98 Å². The smallest absolute Gasteiger partial charge is 0.339 e. The average Bonchev–Trinajstić information content (AvgIpc) is 3.28. The van der Waals surface area contributed by atoms with Gasteiger partial charge in [0.25, 0.3) is 0 Å². The number of ether oxygens (including phenoxy) is 2. The molecule has 2 aromatic carbocycles. The van der Waals surface area contributed by atoms with Gasteiger partial charge in [-0.05, 0) is 72.7 Å². The van der Waals surface area contributed by atoms with Crippen LogP contribution >= 0.6 is 11.6 Å². The third-order valence-corrected chi connectivity index (χ3v) is 5.80. The van der Waals surface area contributed by atoms with Gasteiger partial charge in [0, 0.05) is 16.8 Å². The zero-order chi connectivity index (χ0) is 21.8. The molecule has 0 unspecified atom stereocenters. The number of hydrogen-bond acceptors (Lipinski definition) is 4. The maximum absolute atomic E-state index is 12.2. The average molecular weight is 434 g/mol. The van der Waals surface area contributed by atoms with E-state index in [1.165, 1.54) is 18.3 Å². The summed E-state index contributed by atoms with van der Waals surface area (Å²) in [7, 11) is 1.39. The molecular weight excluding hydrogens is 410 g/mol. The molecule has 4 nitrogen and oxygen atoms in total. The van der Waals surface area contributed by atoms with Crippen molar-refractivity contribution in [2.45, 2.75) is 32.8 Å². The molecule has 0 aliphatic heterocycles. The van der Waals surface area contributed by atoms with Gasteiger partial charge in [-0.3, -0.25) is 4.98 Å². The van der Waals surface area contributed by atoms with Crippen molar-refractivity contribution < 1.29 is 14.3 Å². The maximum Gasteiger partial charge on any atom is 0.339 e. The van der Waals surface area contributed by atoms with Crippen molar-refractivity contribution >= 4 is 28.7 Å². The van der Waals surface area contributed by atoms with Gasteiger partial charge in [0.15, 0.2) is 0 Å². The minimum atomic E-state index is -0.373. The summed E-state index contributed by atoms with van der Waals surface area (Å²) in [5, 5.41) is 0.665. The Morgan fingerprint density at radius 1 is 1.06 bits per heavy atom. The summed E-state index contributed by atoms with van der Waals surface area (Å²) < 4.78 is 11.1. The van der Waals surface area contributed by atoms with Crippen LogP contribution in [0.4, 0.5) is 0 Å². The summed E-state index contributed by atoms with van der Waals surface area (Å²) in [6, 6.07) is 17.7. The molecule has 0 saturated heterocycles. The van der Waals surface area contributed by atoms with Gasteiger partial charge in [-0.2, -0.15) is 0 Å². The number of halogens is 1. The largest absolute Gasteiger partial charge is 0.488 e. The SMILES string of the molecule is COC(=O)c1cc(C2=C(c3cc(Cl)ccc3OCc3ccccc3)CCC2)cnc1C. The molecule has 1 aromatic heterocycles. The van der Waals surface area contributed by atoms with E-state index >= 15 is 0 Å². The van der Waals surface area contributed by atoms with Gasteiger partial charge in [0.05, 0.1) is 18.4 Å². The van der Waals surface area contributed by atoms with E-state index in [1.807, 2.05) is 67.7 Å². The van der Waals surface area contributed by atoms with Crippen LogP contribution in [0.25, 0.3) is 11.1 Å². The molecule has 31 heavy (non-hydrogen) atoms. The van der Waals surface area contributed by atoms with E-state index in [4.69, 9.17) is 21.1 Å². The summed E-state index contributed by atoms with van der Waals surface area (Å²) in [6.07, 6.45) is 4.68. The molecule has 5 heteroatoms. The predicted octanol–water partition coefficient (Wildman–Crippen LogP) is 6.50. The van der Waals surface area contributed by atoms with Gasteiger partial charge < -0.3 is 9.47 Å². The summed E-state index contributed by atoms with van der Waals surface area (Å²) in [4.78, 5) is 16.6. The second kappa shape index (κ2) is 9.36. The lowest BCUT2D eigenvalue weighted by Gasteiger charge is -2.15. The molecule has 0 N–H and O–H groups in total. The Bertz CT molecular complexity index is 1140. The fourth-order valence-electron chi connectivity index (χ4n) is 3.97. The molecule has 1 heterocycles. The standard InChI is InChI=1S/C26H24ClNO3/c1-17-23(26(29)30-2)13-19(15-28-17)21-9-6-10-22(21)24-14-20(27)11-12-25(24)31-16-18-7-4-3-5-8-18/h3-5,7-8,11-15H,6,9-10,16H2,1-2H3. The molecule has 0 bridgehead atoms. The Labute approximate surface area is 187 Å². The number of nitrogens with zero attached hydrogens (tertiary/aromatic N) is 1. The van der Waals surface area contributed by atoms with E-state index in [2.05, 4.69) is 4.98 Å². The Morgan fingerprint density at radius 2 is 1.84 bits per heavy atom. The van der Waals surface area contributed by atoms with E-state index in [1.54, 1.807) is 0 Å². The van der Waals surface area contributed by atoms with Gasteiger partial charge in [-0.15, -0.1) is 0 Å².